The molecule has 0 aromatic heterocycles. The lowest BCUT2D eigenvalue weighted by atomic mass is 10.1. The van der Waals surface area contributed by atoms with Gasteiger partial charge in [-0.3, -0.25) is 14.5 Å². The number of carbonyl (C=O) groups is 2. The highest BCUT2D eigenvalue weighted by Gasteiger charge is 2.35. The van der Waals surface area contributed by atoms with Crippen LogP contribution in [-0.4, -0.2) is 27.8 Å². The van der Waals surface area contributed by atoms with Gasteiger partial charge in [0.25, 0.3) is 11.1 Å². The number of imide groups is 1. The smallest absolute Gasteiger partial charge is 0.293 e. The number of ether oxygens (including phenoxy) is 1. The number of benzene rings is 2. The Hall–Kier alpha value is -1.52. The van der Waals surface area contributed by atoms with Gasteiger partial charge in [-0.25, -0.2) is 0 Å². The summed E-state index contributed by atoms with van der Waals surface area (Å²) in [6.45, 7) is 2.43. The molecule has 2 aromatic rings. The van der Waals surface area contributed by atoms with Gasteiger partial charge in [-0.05, 0) is 77.2 Å². The maximum absolute atomic E-state index is 12.7. The number of hydrogen-bond donors (Lipinski definition) is 1. The van der Waals surface area contributed by atoms with Crippen molar-refractivity contribution in [2.45, 2.75) is 13.5 Å². The maximum Gasteiger partial charge on any atom is 0.293 e. The first-order valence-electron chi connectivity index (χ1n) is 8.04. The summed E-state index contributed by atoms with van der Waals surface area (Å²) in [4.78, 5) is 26.5. The average Bonchev–Trinajstić information content (AvgIpc) is 2.88. The second-order valence-electron chi connectivity index (χ2n) is 5.67. The van der Waals surface area contributed by atoms with Crippen LogP contribution in [0.3, 0.4) is 0 Å². The molecule has 2 amide bonds. The van der Waals surface area contributed by atoms with Gasteiger partial charge >= 0.3 is 0 Å². The third-order valence-corrected chi connectivity index (χ3v) is 5.87. The second-order valence-corrected chi connectivity index (χ2v) is 8.82. The van der Waals surface area contributed by atoms with Crippen LogP contribution in [0.25, 0.3) is 6.08 Å². The van der Waals surface area contributed by atoms with Crippen LogP contribution in [0.5, 0.6) is 11.5 Å². The van der Waals surface area contributed by atoms with Gasteiger partial charge in [-0.1, -0.05) is 28.1 Å². The van der Waals surface area contributed by atoms with Crippen molar-refractivity contribution < 1.29 is 19.4 Å². The minimum Gasteiger partial charge on any atom is -0.504 e. The van der Waals surface area contributed by atoms with Gasteiger partial charge in [-0.15, -0.1) is 0 Å². The molecular weight excluding hydrogens is 545 g/mol. The SMILES string of the molecule is CCOc1cc(Br)cc(/C=C2\SC(=O)N(Cc3ccc(I)cc3)C2=O)c1O. The van der Waals surface area contributed by atoms with Gasteiger partial charge in [0.15, 0.2) is 11.5 Å². The fourth-order valence-electron chi connectivity index (χ4n) is 2.52. The minimum absolute atomic E-state index is 0.0653. The molecular formula is C19H15BrINO4S. The topological polar surface area (TPSA) is 66.8 Å². The van der Waals surface area contributed by atoms with E-state index >= 15 is 0 Å². The van der Waals surface area contributed by atoms with Crippen LogP contribution in [0.1, 0.15) is 18.1 Å². The molecule has 0 aliphatic carbocycles. The van der Waals surface area contributed by atoms with E-state index in [0.717, 1.165) is 20.9 Å². The molecule has 1 aliphatic rings. The van der Waals surface area contributed by atoms with Crippen LogP contribution < -0.4 is 4.74 Å². The summed E-state index contributed by atoms with van der Waals surface area (Å²) in [5.74, 6) is -0.124. The number of phenolic OH excluding ortho intramolecular Hbond substituents is 1. The predicted molar refractivity (Wildman–Crippen MR) is 118 cm³/mol. The van der Waals surface area contributed by atoms with Crippen molar-refractivity contribution in [3.63, 3.8) is 0 Å². The lowest BCUT2D eigenvalue weighted by Crippen LogP contribution is -2.27. The number of rotatable bonds is 5. The average molecular weight is 560 g/mol. The third-order valence-electron chi connectivity index (χ3n) is 3.78. The van der Waals surface area contributed by atoms with Gasteiger partial charge in [0, 0.05) is 13.6 Å². The number of aromatic hydroxyl groups is 1. The Morgan fingerprint density at radius 3 is 2.63 bits per heavy atom. The number of phenols is 1. The predicted octanol–water partition coefficient (Wildman–Crippen LogP) is 5.39. The Labute approximate surface area is 183 Å². The van der Waals surface area contributed by atoms with Crippen molar-refractivity contribution in [1.29, 1.82) is 0 Å². The summed E-state index contributed by atoms with van der Waals surface area (Å²) >= 11 is 6.43. The Bertz CT molecular complexity index is 930. The zero-order valence-electron chi connectivity index (χ0n) is 14.2. The van der Waals surface area contributed by atoms with Crippen molar-refractivity contribution in [1.82, 2.24) is 4.90 Å². The monoisotopic (exact) mass is 559 g/mol. The number of thioether (sulfide) groups is 1. The highest BCUT2D eigenvalue weighted by molar-refractivity contribution is 14.1. The summed E-state index contributed by atoms with van der Waals surface area (Å²) in [5.41, 5.74) is 1.29. The molecule has 0 unspecified atom stereocenters. The van der Waals surface area contributed by atoms with Crippen LogP contribution in [-0.2, 0) is 11.3 Å². The fourth-order valence-corrected chi connectivity index (χ4v) is 4.16. The van der Waals surface area contributed by atoms with Crippen LogP contribution in [0.4, 0.5) is 4.79 Å². The maximum atomic E-state index is 12.7. The summed E-state index contributed by atoms with van der Waals surface area (Å²) in [5, 5.41) is 10.0. The first kappa shape index (κ1) is 20.2. The molecule has 1 fully saturated rings. The summed E-state index contributed by atoms with van der Waals surface area (Å²) in [7, 11) is 0. The molecule has 0 spiro atoms. The molecule has 1 heterocycles. The van der Waals surface area contributed by atoms with Crippen LogP contribution in [0.15, 0.2) is 45.8 Å². The van der Waals surface area contributed by atoms with Crippen molar-refractivity contribution in [3.05, 3.63) is 60.5 Å². The molecule has 0 saturated carbocycles. The van der Waals surface area contributed by atoms with Crippen LogP contribution in [0.2, 0.25) is 0 Å². The summed E-state index contributed by atoms with van der Waals surface area (Å²) < 4.78 is 7.19. The summed E-state index contributed by atoms with van der Waals surface area (Å²) in [6.07, 6.45) is 1.52. The van der Waals surface area contributed by atoms with E-state index < -0.39 is 0 Å². The molecule has 1 saturated heterocycles. The van der Waals surface area contributed by atoms with E-state index in [1.54, 1.807) is 12.1 Å². The number of halogens is 2. The molecule has 140 valence electrons. The first-order chi connectivity index (χ1) is 12.9. The molecule has 1 aliphatic heterocycles. The van der Waals surface area contributed by atoms with Gasteiger partial charge in [0.2, 0.25) is 0 Å². The highest BCUT2D eigenvalue weighted by Crippen LogP contribution is 2.39. The normalized spacial score (nSPS) is 15.7. The van der Waals surface area contributed by atoms with Crippen LogP contribution in [0, 0.1) is 3.57 Å². The molecule has 8 heteroatoms. The first-order valence-corrected chi connectivity index (χ1v) is 10.7. The second kappa shape index (κ2) is 8.66. The standard InChI is InChI=1S/C19H15BrINO4S/c1-2-26-15-9-13(20)7-12(17(15)23)8-16-18(24)22(19(25)27-16)10-11-3-5-14(21)6-4-11/h3-9,23H,2,10H2,1H3/b16-8-. The van der Waals surface area contributed by atoms with Crippen LogP contribution >= 0.6 is 50.3 Å². The van der Waals surface area contributed by atoms with E-state index in [1.165, 1.54) is 11.0 Å². The molecule has 0 radical (unpaired) electrons. The van der Waals surface area contributed by atoms with Gasteiger partial charge < -0.3 is 9.84 Å². The van der Waals surface area contributed by atoms with Crippen molar-refractivity contribution in [2.75, 3.05) is 6.61 Å². The lowest BCUT2D eigenvalue weighted by molar-refractivity contribution is -0.123. The Kier molecular flexibility index (Phi) is 6.48. The Morgan fingerprint density at radius 2 is 1.96 bits per heavy atom. The van der Waals surface area contributed by atoms with E-state index in [1.807, 2.05) is 31.2 Å². The van der Waals surface area contributed by atoms with E-state index in [2.05, 4.69) is 38.5 Å². The number of hydrogen-bond acceptors (Lipinski definition) is 5. The lowest BCUT2D eigenvalue weighted by Gasteiger charge is -2.12. The molecule has 2 aromatic carbocycles. The molecule has 0 bridgehead atoms. The van der Waals surface area contributed by atoms with Gasteiger partial charge in [-0.2, -0.15) is 0 Å². The molecule has 5 nitrogen and oxygen atoms in total. The largest absolute Gasteiger partial charge is 0.504 e. The minimum atomic E-state index is -0.374. The van der Waals surface area contributed by atoms with Gasteiger partial charge in [0.1, 0.15) is 0 Å². The fraction of sp³-hybridized carbons (Fsp3) is 0.158. The Balaban J connectivity index is 1.87. The quantitative estimate of drug-likeness (QED) is 0.393. The highest BCUT2D eigenvalue weighted by atomic mass is 127. The summed E-state index contributed by atoms with van der Waals surface area (Å²) in [6, 6.07) is 11.0. The van der Waals surface area contributed by atoms with Gasteiger partial charge in [0.05, 0.1) is 18.1 Å². The van der Waals surface area contributed by atoms with E-state index in [4.69, 9.17) is 4.74 Å². The van der Waals surface area contributed by atoms with Crippen molar-refractivity contribution in [3.8, 4) is 11.5 Å². The van der Waals surface area contributed by atoms with E-state index in [0.29, 0.717) is 22.4 Å². The zero-order valence-corrected chi connectivity index (χ0v) is 18.8. The van der Waals surface area contributed by atoms with Crippen molar-refractivity contribution in [2.24, 2.45) is 0 Å². The molecule has 0 atom stereocenters. The molecule has 1 N–H and O–H groups in total. The third kappa shape index (κ3) is 4.67. The Morgan fingerprint density at radius 1 is 1.26 bits per heavy atom. The van der Waals surface area contributed by atoms with E-state index in [-0.39, 0.29) is 28.3 Å². The number of nitrogens with zero attached hydrogens (tertiary/aromatic N) is 1. The molecule has 27 heavy (non-hydrogen) atoms. The van der Waals surface area contributed by atoms with E-state index in [9.17, 15) is 14.7 Å². The zero-order chi connectivity index (χ0) is 19.6. The number of carbonyl (C=O) groups excluding carboxylic acids is 2. The van der Waals surface area contributed by atoms with Crippen molar-refractivity contribution >= 4 is 67.5 Å². The number of amides is 2. The molecule has 3 rings (SSSR count).